The number of hydrogen-bond donors (Lipinski definition) is 2. The molecule has 206 valence electrons. The van der Waals surface area contributed by atoms with Gasteiger partial charge in [0, 0.05) is 11.0 Å². The molecule has 2 aliphatic heterocycles. The van der Waals surface area contributed by atoms with Crippen LogP contribution in [0.1, 0.15) is 43.5 Å². The third-order valence-electron chi connectivity index (χ3n) is 5.55. The van der Waals surface area contributed by atoms with E-state index >= 15 is 0 Å². The molecule has 14 heteroatoms. The number of fused-ring (bicyclic) bond motifs is 8. The van der Waals surface area contributed by atoms with E-state index in [0.29, 0.717) is 22.4 Å². The molecule has 0 radical (unpaired) electrons. The Bertz CT molecular complexity index is 1620. The van der Waals surface area contributed by atoms with Gasteiger partial charge in [-0.3, -0.25) is 0 Å². The molecule has 8 bridgehead atoms. The highest BCUT2D eigenvalue weighted by Crippen LogP contribution is 2.30. The van der Waals surface area contributed by atoms with Crippen LogP contribution in [0.3, 0.4) is 0 Å². The molecule has 2 N–H and O–H groups in total. The van der Waals surface area contributed by atoms with Crippen LogP contribution < -0.4 is 0 Å². The van der Waals surface area contributed by atoms with E-state index in [-0.39, 0.29) is 11.4 Å². The van der Waals surface area contributed by atoms with E-state index in [9.17, 15) is 35.9 Å². The summed E-state index contributed by atoms with van der Waals surface area (Å²) in [6.07, 6.45) is -3.09. The van der Waals surface area contributed by atoms with Crippen LogP contribution in [0, 0.1) is 0 Å². The standard InChI is InChI=1S/C26H16F6N4O4/c27-11-25(29,30)39-23(37)21-19-9-17-5-3-15(34-17)7-13-1-2-14(33-13)8-16-4-6-18(35-16)10-20(36-19)22(21)24(38)40-26(31,32)12-28/h1-10,33,36H,11-12H2. The predicted molar refractivity (Wildman–Crippen MR) is 132 cm³/mol. The van der Waals surface area contributed by atoms with E-state index in [1.54, 1.807) is 36.4 Å². The van der Waals surface area contributed by atoms with Crippen molar-refractivity contribution in [2.45, 2.75) is 12.2 Å². The molecule has 40 heavy (non-hydrogen) atoms. The molecule has 8 nitrogen and oxygen atoms in total. The van der Waals surface area contributed by atoms with Crippen LogP contribution in [0.15, 0.2) is 36.4 Å². The number of halogens is 6. The molecule has 3 aromatic heterocycles. The van der Waals surface area contributed by atoms with E-state index < -0.39 is 59.7 Å². The van der Waals surface area contributed by atoms with Gasteiger partial charge in [-0.15, -0.1) is 0 Å². The van der Waals surface area contributed by atoms with Gasteiger partial charge in [0.15, 0.2) is 13.3 Å². The molecule has 5 rings (SSSR count). The van der Waals surface area contributed by atoms with Gasteiger partial charge in [-0.2, -0.15) is 17.6 Å². The Hall–Kier alpha value is -4.88. The van der Waals surface area contributed by atoms with Gasteiger partial charge < -0.3 is 19.4 Å². The third kappa shape index (κ3) is 5.60. The van der Waals surface area contributed by atoms with Gasteiger partial charge in [0.05, 0.1) is 44.9 Å². The first-order valence-electron chi connectivity index (χ1n) is 11.4. The summed E-state index contributed by atoms with van der Waals surface area (Å²) in [7, 11) is 0. The van der Waals surface area contributed by atoms with Crippen molar-refractivity contribution in [3.05, 3.63) is 70.3 Å². The maximum atomic E-state index is 13.7. The molecule has 0 aliphatic carbocycles. The number of nitrogens with one attached hydrogen (secondary N) is 2. The molecule has 0 atom stereocenters. The van der Waals surface area contributed by atoms with Crippen LogP contribution >= 0.6 is 0 Å². The molecule has 0 fully saturated rings. The fourth-order valence-electron chi connectivity index (χ4n) is 3.93. The zero-order chi connectivity index (χ0) is 28.7. The number of nitrogens with zero attached hydrogens (tertiary/aromatic N) is 2. The molecule has 0 aromatic carbocycles. The molecule has 0 amide bonds. The van der Waals surface area contributed by atoms with Crippen LogP contribution in [0.5, 0.6) is 0 Å². The summed E-state index contributed by atoms with van der Waals surface area (Å²) in [5.41, 5.74) is -0.231. The number of carbonyl (C=O) groups is 2. The second kappa shape index (κ2) is 10.0. The molecule has 5 heterocycles. The number of alkyl halides is 6. The summed E-state index contributed by atoms with van der Waals surface area (Å²) in [6, 6.07) is 9.23. The highest BCUT2D eigenvalue weighted by molar-refractivity contribution is 6.13. The molecular formula is C26H16F6N4O4. The van der Waals surface area contributed by atoms with Gasteiger partial charge >= 0.3 is 24.2 Å². The third-order valence-corrected chi connectivity index (χ3v) is 5.55. The molecule has 0 saturated heterocycles. The number of hydrogen-bond acceptors (Lipinski definition) is 6. The normalized spacial score (nSPS) is 12.9. The Kier molecular flexibility index (Phi) is 6.69. The topological polar surface area (TPSA) is 110 Å². The van der Waals surface area contributed by atoms with Crippen molar-refractivity contribution >= 4 is 58.3 Å². The molecule has 2 aliphatic rings. The van der Waals surface area contributed by atoms with Gasteiger partial charge in [-0.05, 0) is 60.7 Å². The Labute approximate surface area is 220 Å². The van der Waals surface area contributed by atoms with Crippen molar-refractivity contribution in [3.63, 3.8) is 0 Å². The fraction of sp³-hybridized carbons (Fsp3) is 0.154. The van der Waals surface area contributed by atoms with Crippen LogP contribution in [-0.4, -0.2) is 57.4 Å². The van der Waals surface area contributed by atoms with Crippen LogP contribution in [-0.2, 0) is 9.47 Å². The summed E-state index contributed by atoms with van der Waals surface area (Å²) in [5, 5.41) is 0. The van der Waals surface area contributed by atoms with E-state index in [0.717, 1.165) is 12.1 Å². The lowest BCUT2D eigenvalue weighted by Gasteiger charge is -2.15. The molecule has 0 spiro atoms. The quantitative estimate of drug-likeness (QED) is 0.191. The smallest absolute Gasteiger partial charge is 0.395 e. The minimum Gasteiger partial charge on any atom is -0.395 e. The monoisotopic (exact) mass is 562 g/mol. The number of aromatic amines is 2. The molecule has 0 saturated carbocycles. The molecule has 3 aromatic rings. The van der Waals surface area contributed by atoms with Crippen molar-refractivity contribution in [3.8, 4) is 0 Å². The molecular weight excluding hydrogens is 546 g/mol. The zero-order valence-electron chi connectivity index (χ0n) is 20.0. The lowest BCUT2D eigenvalue weighted by Crippen LogP contribution is -2.30. The summed E-state index contributed by atoms with van der Waals surface area (Å²) >= 11 is 0. The van der Waals surface area contributed by atoms with Gasteiger partial charge in [0.2, 0.25) is 0 Å². The Morgan fingerprint density at radius 2 is 1.02 bits per heavy atom. The van der Waals surface area contributed by atoms with Crippen LogP contribution in [0.25, 0.3) is 46.4 Å². The first-order chi connectivity index (χ1) is 18.9. The maximum Gasteiger partial charge on any atom is 0.429 e. The summed E-state index contributed by atoms with van der Waals surface area (Å²) in [6.45, 7) is -4.80. The van der Waals surface area contributed by atoms with Gasteiger partial charge in [-0.25, -0.2) is 28.3 Å². The van der Waals surface area contributed by atoms with Crippen molar-refractivity contribution in [2.24, 2.45) is 0 Å². The average molecular weight is 562 g/mol. The Balaban J connectivity index is 1.85. The minimum atomic E-state index is -4.61. The molecule has 0 unspecified atom stereocenters. The number of aromatic nitrogens is 4. The second-order valence-corrected chi connectivity index (χ2v) is 8.56. The number of rotatable bonds is 6. The summed E-state index contributed by atoms with van der Waals surface area (Å²) in [5.74, 6) is -3.89. The minimum absolute atomic E-state index is 0.151. The number of ether oxygens (including phenoxy) is 2. The second-order valence-electron chi connectivity index (χ2n) is 8.56. The lowest BCUT2D eigenvalue weighted by atomic mass is 10.1. The zero-order valence-corrected chi connectivity index (χ0v) is 20.0. The van der Waals surface area contributed by atoms with Crippen molar-refractivity contribution in [1.82, 2.24) is 19.9 Å². The number of H-pyrrole nitrogens is 2. The number of carbonyl (C=O) groups excluding carboxylic acids is 2. The van der Waals surface area contributed by atoms with Crippen LogP contribution in [0.2, 0.25) is 0 Å². The van der Waals surface area contributed by atoms with E-state index in [1.165, 1.54) is 12.2 Å². The highest BCUT2D eigenvalue weighted by Gasteiger charge is 2.40. The van der Waals surface area contributed by atoms with Crippen molar-refractivity contribution in [1.29, 1.82) is 0 Å². The van der Waals surface area contributed by atoms with Gasteiger partial charge in [0.1, 0.15) is 0 Å². The van der Waals surface area contributed by atoms with Gasteiger partial charge in [-0.1, -0.05) is 0 Å². The van der Waals surface area contributed by atoms with Crippen LogP contribution in [0.4, 0.5) is 26.3 Å². The maximum absolute atomic E-state index is 13.7. The highest BCUT2D eigenvalue weighted by atomic mass is 19.3. The first kappa shape index (κ1) is 26.7. The first-order valence-corrected chi connectivity index (χ1v) is 11.4. The van der Waals surface area contributed by atoms with Crippen molar-refractivity contribution < 1.29 is 45.4 Å². The Morgan fingerprint density at radius 1 is 0.650 bits per heavy atom. The lowest BCUT2D eigenvalue weighted by molar-refractivity contribution is -0.211. The van der Waals surface area contributed by atoms with Crippen molar-refractivity contribution in [2.75, 3.05) is 13.3 Å². The number of esters is 2. The Morgan fingerprint density at radius 3 is 1.40 bits per heavy atom. The summed E-state index contributed by atoms with van der Waals surface area (Å²) in [4.78, 5) is 40.1. The largest absolute Gasteiger partial charge is 0.429 e. The van der Waals surface area contributed by atoms with E-state index in [2.05, 4.69) is 29.4 Å². The van der Waals surface area contributed by atoms with Gasteiger partial charge in [0.25, 0.3) is 0 Å². The average Bonchev–Trinajstić information content (AvgIpc) is 3.68. The van der Waals surface area contributed by atoms with E-state index in [1.807, 2.05) is 0 Å². The SMILES string of the molecule is O=C(OC(F)(F)CF)c1c(C(=O)OC(F)(F)CF)c2cc3nc(cc4ccc(cc5nc(cc1[nH]2)C=C5)[nH]4)C=C3. The fourth-order valence-corrected chi connectivity index (χ4v) is 3.93. The predicted octanol–water partition coefficient (Wildman–Crippen LogP) is 6.09. The summed E-state index contributed by atoms with van der Waals surface area (Å²) < 4.78 is 88.2. The van der Waals surface area contributed by atoms with E-state index in [4.69, 9.17) is 0 Å².